The molecule has 0 aliphatic heterocycles. The Kier molecular flexibility index (Phi) is 10.6. The molecule has 0 aliphatic carbocycles. The number of methoxy groups -OCH3 is 1. The van der Waals surface area contributed by atoms with Crippen molar-refractivity contribution in [1.29, 1.82) is 0 Å². The van der Waals surface area contributed by atoms with Gasteiger partial charge in [-0.25, -0.2) is 8.42 Å². The summed E-state index contributed by atoms with van der Waals surface area (Å²) in [5.41, 5.74) is 3.98. The first-order valence-electron chi connectivity index (χ1n) is 13.8. The van der Waals surface area contributed by atoms with Crippen molar-refractivity contribution in [2.75, 3.05) is 18.0 Å². The van der Waals surface area contributed by atoms with Crippen molar-refractivity contribution in [2.24, 2.45) is 0 Å². The predicted octanol–water partition coefficient (Wildman–Crippen LogP) is 5.15. The molecule has 41 heavy (non-hydrogen) atoms. The third kappa shape index (κ3) is 7.88. The number of benzene rings is 3. The van der Waals surface area contributed by atoms with Gasteiger partial charge in [0.15, 0.2) is 0 Å². The van der Waals surface area contributed by atoms with Crippen molar-refractivity contribution in [2.45, 2.75) is 71.5 Å². The van der Waals surface area contributed by atoms with Crippen LogP contribution in [0.4, 0.5) is 5.69 Å². The Hall–Kier alpha value is -3.85. The average Bonchev–Trinajstić information content (AvgIpc) is 2.96. The van der Waals surface area contributed by atoms with Gasteiger partial charge in [-0.3, -0.25) is 13.9 Å². The second-order valence-electron chi connectivity index (χ2n) is 10.5. The van der Waals surface area contributed by atoms with E-state index in [1.54, 1.807) is 62.6 Å². The normalized spacial score (nSPS) is 12.8. The molecule has 0 aliphatic rings. The summed E-state index contributed by atoms with van der Waals surface area (Å²) >= 11 is 0. The van der Waals surface area contributed by atoms with Crippen molar-refractivity contribution >= 4 is 27.5 Å². The first kappa shape index (κ1) is 31.7. The Morgan fingerprint density at radius 1 is 0.902 bits per heavy atom. The van der Waals surface area contributed by atoms with Gasteiger partial charge < -0.3 is 15.0 Å². The van der Waals surface area contributed by atoms with Gasteiger partial charge in [0.1, 0.15) is 18.3 Å². The summed E-state index contributed by atoms with van der Waals surface area (Å²) in [4.78, 5) is 28.7. The van der Waals surface area contributed by atoms with Crippen LogP contribution in [0.15, 0.2) is 71.6 Å². The molecular weight excluding hydrogens is 538 g/mol. The summed E-state index contributed by atoms with van der Waals surface area (Å²) in [5, 5.41) is 2.94. The van der Waals surface area contributed by atoms with E-state index in [1.807, 2.05) is 52.8 Å². The van der Waals surface area contributed by atoms with Crippen LogP contribution in [-0.4, -0.2) is 50.9 Å². The molecule has 9 heteroatoms. The highest BCUT2D eigenvalue weighted by atomic mass is 32.2. The quantitative estimate of drug-likeness (QED) is 0.320. The number of carbonyl (C=O) groups excluding carboxylic acids is 2. The van der Waals surface area contributed by atoms with Crippen LogP contribution in [0.25, 0.3) is 0 Å². The molecule has 0 saturated heterocycles. The van der Waals surface area contributed by atoms with Gasteiger partial charge in [0.25, 0.3) is 10.0 Å². The third-order valence-corrected chi connectivity index (χ3v) is 9.13. The molecule has 220 valence electrons. The van der Waals surface area contributed by atoms with Gasteiger partial charge in [0.05, 0.1) is 17.7 Å². The van der Waals surface area contributed by atoms with Crippen molar-refractivity contribution < 1.29 is 22.7 Å². The highest BCUT2D eigenvalue weighted by molar-refractivity contribution is 7.92. The molecule has 2 amide bonds. The molecule has 1 N–H and O–H groups in total. The van der Waals surface area contributed by atoms with Gasteiger partial charge in [-0.05, 0) is 94.1 Å². The van der Waals surface area contributed by atoms with E-state index >= 15 is 0 Å². The maximum atomic E-state index is 14.1. The van der Waals surface area contributed by atoms with Gasteiger partial charge in [-0.15, -0.1) is 0 Å². The minimum atomic E-state index is -4.11. The van der Waals surface area contributed by atoms with Crippen LogP contribution in [0, 0.1) is 20.8 Å². The molecule has 0 spiro atoms. The maximum absolute atomic E-state index is 14.1. The zero-order chi connectivity index (χ0) is 30.3. The first-order valence-corrected chi connectivity index (χ1v) is 15.2. The van der Waals surface area contributed by atoms with Crippen LogP contribution in [0.1, 0.15) is 49.4 Å². The Morgan fingerprint density at radius 2 is 1.54 bits per heavy atom. The van der Waals surface area contributed by atoms with E-state index in [4.69, 9.17) is 4.74 Å². The monoisotopic (exact) mass is 579 g/mol. The Labute approximate surface area is 244 Å². The fourth-order valence-corrected chi connectivity index (χ4v) is 5.63. The molecule has 0 aromatic heterocycles. The van der Waals surface area contributed by atoms with E-state index in [0.29, 0.717) is 11.4 Å². The minimum Gasteiger partial charge on any atom is -0.497 e. The van der Waals surface area contributed by atoms with E-state index < -0.39 is 28.5 Å². The average molecular weight is 580 g/mol. The lowest BCUT2D eigenvalue weighted by molar-refractivity contribution is -0.139. The molecule has 2 atom stereocenters. The number of ether oxygens (including phenoxy) is 1. The van der Waals surface area contributed by atoms with Crippen molar-refractivity contribution in [3.8, 4) is 5.75 Å². The topological polar surface area (TPSA) is 96.0 Å². The Morgan fingerprint density at radius 3 is 2.10 bits per heavy atom. The number of nitrogens with one attached hydrogen (secondary N) is 1. The summed E-state index contributed by atoms with van der Waals surface area (Å²) in [7, 11) is -2.54. The van der Waals surface area contributed by atoms with E-state index in [-0.39, 0.29) is 23.4 Å². The molecule has 0 saturated carbocycles. The van der Waals surface area contributed by atoms with E-state index in [0.717, 1.165) is 33.0 Å². The summed E-state index contributed by atoms with van der Waals surface area (Å²) in [6, 6.07) is 18.1. The largest absolute Gasteiger partial charge is 0.497 e. The molecule has 3 aromatic rings. The van der Waals surface area contributed by atoms with Gasteiger partial charge in [0, 0.05) is 12.6 Å². The van der Waals surface area contributed by atoms with Gasteiger partial charge >= 0.3 is 0 Å². The number of sulfonamides is 1. The van der Waals surface area contributed by atoms with Crippen LogP contribution in [-0.2, 0) is 26.2 Å². The molecule has 0 bridgehead atoms. The number of hydrogen-bond donors (Lipinski definition) is 1. The third-order valence-electron chi connectivity index (χ3n) is 7.35. The lowest BCUT2D eigenvalue weighted by Crippen LogP contribution is -2.52. The lowest BCUT2D eigenvalue weighted by Gasteiger charge is -2.32. The fourth-order valence-electron chi connectivity index (χ4n) is 4.22. The molecule has 0 unspecified atom stereocenters. The zero-order valence-electron chi connectivity index (χ0n) is 25.0. The number of aryl methyl sites for hydroxylation is 3. The molecule has 0 heterocycles. The van der Waals surface area contributed by atoms with Gasteiger partial charge in [-0.1, -0.05) is 42.8 Å². The molecule has 3 aromatic carbocycles. The molecule has 8 nitrogen and oxygen atoms in total. The van der Waals surface area contributed by atoms with Crippen LogP contribution < -0.4 is 14.4 Å². The summed E-state index contributed by atoms with van der Waals surface area (Å²) in [6.07, 6.45) is 0.736. The molecule has 0 radical (unpaired) electrons. The smallest absolute Gasteiger partial charge is 0.264 e. The number of anilines is 1. The minimum absolute atomic E-state index is 0.0724. The number of amides is 2. The number of carbonyl (C=O) groups is 2. The SMILES string of the molecule is CC[C@@H](C)NC(=O)[C@H](C)N(Cc1ccc(OC)cc1)C(=O)CN(c1ccc(C)c(C)c1)S(=O)(=O)c1ccc(C)cc1. The number of nitrogens with zero attached hydrogens (tertiary/aromatic N) is 2. The first-order chi connectivity index (χ1) is 19.4. The fraction of sp³-hybridized carbons (Fsp3) is 0.375. The van der Waals surface area contributed by atoms with Crippen LogP contribution in [0.3, 0.4) is 0 Å². The predicted molar refractivity (Wildman–Crippen MR) is 163 cm³/mol. The summed E-state index contributed by atoms with van der Waals surface area (Å²) < 4.78 is 34.3. The van der Waals surface area contributed by atoms with Crippen molar-refractivity contribution in [1.82, 2.24) is 10.2 Å². The standard InChI is InChI=1S/C32H41N3O5S/c1-8-25(5)33-32(37)26(6)34(20-27-12-15-29(40-7)16-13-27)31(36)21-35(28-14-11-23(3)24(4)19-28)41(38,39)30-17-9-22(2)10-18-30/h9-19,25-26H,8,20-21H2,1-7H3,(H,33,37)/t25-,26+/m1/s1. The van der Waals surface area contributed by atoms with Crippen molar-refractivity contribution in [3.63, 3.8) is 0 Å². The van der Waals surface area contributed by atoms with Gasteiger partial charge in [-0.2, -0.15) is 0 Å². The highest BCUT2D eigenvalue weighted by Gasteiger charge is 2.33. The lowest BCUT2D eigenvalue weighted by atomic mass is 10.1. The van der Waals surface area contributed by atoms with E-state index in [2.05, 4.69) is 5.32 Å². The Bertz CT molecular complexity index is 1450. The second-order valence-corrected chi connectivity index (χ2v) is 12.3. The highest BCUT2D eigenvalue weighted by Crippen LogP contribution is 2.27. The Balaban J connectivity index is 2.04. The maximum Gasteiger partial charge on any atom is 0.264 e. The molecule has 0 fully saturated rings. The molecular formula is C32H41N3O5S. The summed E-state index contributed by atoms with van der Waals surface area (Å²) in [5.74, 6) is -0.138. The second kappa shape index (κ2) is 13.7. The number of rotatable bonds is 12. The van der Waals surface area contributed by atoms with Crippen LogP contribution in [0.2, 0.25) is 0 Å². The molecule has 3 rings (SSSR count). The van der Waals surface area contributed by atoms with Crippen molar-refractivity contribution in [3.05, 3.63) is 89.0 Å². The van der Waals surface area contributed by atoms with E-state index in [9.17, 15) is 18.0 Å². The van der Waals surface area contributed by atoms with Gasteiger partial charge in [0.2, 0.25) is 11.8 Å². The van der Waals surface area contributed by atoms with Crippen LogP contribution in [0.5, 0.6) is 5.75 Å². The summed E-state index contributed by atoms with van der Waals surface area (Å²) in [6.45, 7) is 10.9. The van der Waals surface area contributed by atoms with E-state index in [1.165, 1.54) is 4.90 Å². The number of hydrogen-bond acceptors (Lipinski definition) is 5. The zero-order valence-corrected chi connectivity index (χ0v) is 25.8. The van der Waals surface area contributed by atoms with Crippen LogP contribution >= 0.6 is 0 Å².